The van der Waals surface area contributed by atoms with Gasteiger partial charge >= 0.3 is 5.97 Å². The number of hydrogen-bond donors (Lipinski definition) is 2. The van der Waals surface area contributed by atoms with Gasteiger partial charge in [-0.3, -0.25) is 14.6 Å². The summed E-state index contributed by atoms with van der Waals surface area (Å²) in [6.45, 7) is 5.53. The van der Waals surface area contributed by atoms with Crippen LogP contribution in [0.5, 0.6) is 0 Å². The second kappa shape index (κ2) is 6.14. The third-order valence-corrected chi connectivity index (χ3v) is 2.82. The third-order valence-electron chi connectivity index (χ3n) is 2.82. The predicted molar refractivity (Wildman–Crippen MR) is 67.5 cm³/mol. The molecule has 0 saturated carbocycles. The number of aromatic nitrogens is 1. The Morgan fingerprint density at radius 2 is 2.06 bits per heavy atom. The summed E-state index contributed by atoms with van der Waals surface area (Å²) < 4.78 is 0. The van der Waals surface area contributed by atoms with Gasteiger partial charge in [-0.15, -0.1) is 0 Å². The Morgan fingerprint density at radius 1 is 1.39 bits per heavy atom. The summed E-state index contributed by atoms with van der Waals surface area (Å²) in [6, 6.07) is 3.46. The number of rotatable bonds is 5. The fourth-order valence-electron chi connectivity index (χ4n) is 1.64. The van der Waals surface area contributed by atoms with Crippen LogP contribution in [0.4, 0.5) is 0 Å². The molecule has 5 nitrogen and oxygen atoms in total. The molecule has 0 aliphatic carbocycles. The van der Waals surface area contributed by atoms with E-state index >= 15 is 0 Å². The smallest absolute Gasteiger partial charge is 0.308 e. The minimum absolute atomic E-state index is 0.137. The van der Waals surface area contributed by atoms with Gasteiger partial charge in [-0.1, -0.05) is 6.92 Å². The van der Waals surface area contributed by atoms with Crippen molar-refractivity contribution in [2.45, 2.75) is 27.2 Å². The lowest BCUT2D eigenvalue weighted by molar-refractivity contribution is -0.141. The summed E-state index contributed by atoms with van der Waals surface area (Å²) in [4.78, 5) is 26.9. The Labute approximate surface area is 106 Å². The topological polar surface area (TPSA) is 79.3 Å². The number of carbonyl (C=O) groups excluding carboxylic acids is 1. The molecule has 1 unspecified atom stereocenters. The Balaban J connectivity index is 2.68. The summed E-state index contributed by atoms with van der Waals surface area (Å²) in [5.74, 6) is -1.72. The highest BCUT2D eigenvalue weighted by Crippen LogP contribution is 2.07. The largest absolute Gasteiger partial charge is 0.481 e. The first-order chi connectivity index (χ1) is 8.45. The molecule has 2 N–H and O–H groups in total. The average Bonchev–Trinajstić information content (AvgIpc) is 2.28. The van der Waals surface area contributed by atoms with Gasteiger partial charge in [0.25, 0.3) is 5.91 Å². The number of aliphatic carboxylic acids is 1. The van der Waals surface area contributed by atoms with Gasteiger partial charge in [0.15, 0.2) is 0 Å². The summed E-state index contributed by atoms with van der Waals surface area (Å²) in [5.41, 5.74) is 1.98. The van der Waals surface area contributed by atoms with E-state index in [-0.39, 0.29) is 12.5 Å². The van der Waals surface area contributed by atoms with E-state index in [0.29, 0.717) is 17.7 Å². The number of hydrogen-bond acceptors (Lipinski definition) is 3. The van der Waals surface area contributed by atoms with Crippen molar-refractivity contribution < 1.29 is 14.7 Å². The predicted octanol–water partition coefficient (Wildman–Crippen LogP) is 1.54. The van der Waals surface area contributed by atoms with E-state index < -0.39 is 11.9 Å². The van der Waals surface area contributed by atoms with Gasteiger partial charge in [0.2, 0.25) is 0 Å². The standard InChI is InChI=1S/C13H18N2O3/c1-4-10(13(17)18)7-14-12(16)11-6-5-8(2)15-9(11)3/h5-6,10H,4,7H2,1-3H3,(H,14,16)(H,17,18). The van der Waals surface area contributed by atoms with Crippen LogP contribution in [-0.4, -0.2) is 28.5 Å². The Kier molecular flexibility index (Phi) is 4.83. The molecule has 1 rings (SSSR count). The van der Waals surface area contributed by atoms with Crippen LogP contribution in [0.2, 0.25) is 0 Å². The summed E-state index contributed by atoms with van der Waals surface area (Å²) in [6.07, 6.45) is 0.487. The van der Waals surface area contributed by atoms with Crippen LogP contribution in [-0.2, 0) is 4.79 Å². The van der Waals surface area contributed by atoms with E-state index in [1.54, 1.807) is 26.0 Å². The first kappa shape index (κ1) is 14.2. The van der Waals surface area contributed by atoms with E-state index in [1.165, 1.54) is 0 Å². The van der Waals surface area contributed by atoms with Crippen molar-refractivity contribution in [3.63, 3.8) is 0 Å². The van der Waals surface area contributed by atoms with Crippen LogP contribution in [0.1, 0.15) is 35.1 Å². The maximum atomic E-state index is 11.9. The highest BCUT2D eigenvalue weighted by molar-refractivity contribution is 5.95. The summed E-state index contributed by atoms with van der Waals surface area (Å²) in [5, 5.41) is 11.5. The lowest BCUT2D eigenvalue weighted by atomic mass is 10.1. The SMILES string of the molecule is CCC(CNC(=O)c1ccc(C)nc1C)C(=O)O. The van der Waals surface area contributed by atoms with Crippen molar-refractivity contribution in [3.05, 3.63) is 29.1 Å². The quantitative estimate of drug-likeness (QED) is 0.830. The molecule has 0 bridgehead atoms. The normalized spacial score (nSPS) is 11.9. The van der Waals surface area contributed by atoms with Crippen molar-refractivity contribution >= 4 is 11.9 Å². The number of nitrogens with one attached hydrogen (secondary N) is 1. The molecule has 0 radical (unpaired) electrons. The zero-order valence-corrected chi connectivity index (χ0v) is 10.9. The molecule has 98 valence electrons. The molecule has 0 aromatic carbocycles. The van der Waals surface area contributed by atoms with Gasteiger partial charge in [0.05, 0.1) is 17.2 Å². The highest BCUT2D eigenvalue weighted by atomic mass is 16.4. The molecule has 1 heterocycles. The maximum absolute atomic E-state index is 11.9. The molecular weight excluding hydrogens is 232 g/mol. The Bertz CT molecular complexity index is 458. The molecular formula is C13H18N2O3. The molecule has 0 aliphatic rings. The zero-order valence-electron chi connectivity index (χ0n) is 10.9. The van der Waals surface area contributed by atoms with Crippen molar-refractivity contribution in [2.75, 3.05) is 6.54 Å². The van der Waals surface area contributed by atoms with Crippen molar-refractivity contribution in [1.82, 2.24) is 10.3 Å². The van der Waals surface area contributed by atoms with Gasteiger partial charge in [-0.25, -0.2) is 0 Å². The van der Waals surface area contributed by atoms with Crippen molar-refractivity contribution in [1.29, 1.82) is 0 Å². The molecule has 1 aromatic heterocycles. The fourth-order valence-corrected chi connectivity index (χ4v) is 1.64. The number of pyridine rings is 1. The van der Waals surface area contributed by atoms with Gasteiger partial charge in [0.1, 0.15) is 0 Å². The molecule has 1 aromatic rings. The van der Waals surface area contributed by atoms with Gasteiger partial charge < -0.3 is 10.4 Å². The van der Waals surface area contributed by atoms with Crippen molar-refractivity contribution in [3.8, 4) is 0 Å². The van der Waals surface area contributed by atoms with E-state index in [2.05, 4.69) is 10.3 Å². The van der Waals surface area contributed by atoms with E-state index in [1.807, 2.05) is 6.92 Å². The molecule has 5 heteroatoms. The number of carboxylic acids is 1. The number of amides is 1. The van der Waals surface area contributed by atoms with E-state index in [0.717, 1.165) is 5.69 Å². The van der Waals surface area contributed by atoms with E-state index in [9.17, 15) is 9.59 Å². The Hall–Kier alpha value is -1.91. The van der Waals surface area contributed by atoms with Crippen LogP contribution in [0.3, 0.4) is 0 Å². The second-order valence-corrected chi connectivity index (χ2v) is 4.24. The maximum Gasteiger partial charge on any atom is 0.308 e. The minimum atomic E-state index is -0.892. The first-order valence-electron chi connectivity index (χ1n) is 5.91. The molecule has 1 amide bonds. The van der Waals surface area contributed by atoms with Gasteiger partial charge in [-0.2, -0.15) is 0 Å². The molecule has 0 saturated heterocycles. The molecule has 0 spiro atoms. The number of carboxylic acid groups (broad SMARTS) is 1. The second-order valence-electron chi connectivity index (χ2n) is 4.24. The van der Waals surface area contributed by atoms with Gasteiger partial charge in [0, 0.05) is 12.2 Å². The molecule has 0 aliphatic heterocycles. The highest BCUT2D eigenvalue weighted by Gasteiger charge is 2.17. The van der Waals surface area contributed by atoms with Crippen LogP contribution >= 0.6 is 0 Å². The number of nitrogens with zero attached hydrogens (tertiary/aromatic N) is 1. The van der Waals surface area contributed by atoms with Crippen LogP contribution < -0.4 is 5.32 Å². The lowest BCUT2D eigenvalue weighted by Gasteiger charge is -2.12. The summed E-state index contributed by atoms with van der Waals surface area (Å²) >= 11 is 0. The lowest BCUT2D eigenvalue weighted by Crippen LogP contribution is -2.33. The fraction of sp³-hybridized carbons (Fsp3) is 0.462. The van der Waals surface area contributed by atoms with Crippen LogP contribution in [0.15, 0.2) is 12.1 Å². The molecule has 1 atom stereocenters. The average molecular weight is 250 g/mol. The van der Waals surface area contributed by atoms with Crippen molar-refractivity contribution in [2.24, 2.45) is 5.92 Å². The summed E-state index contributed by atoms with van der Waals surface area (Å²) in [7, 11) is 0. The third kappa shape index (κ3) is 3.55. The number of aryl methyl sites for hydroxylation is 2. The molecule has 0 fully saturated rings. The van der Waals surface area contributed by atoms with E-state index in [4.69, 9.17) is 5.11 Å². The zero-order chi connectivity index (χ0) is 13.7. The monoisotopic (exact) mass is 250 g/mol. The Morgan fingerprint density at radius 3 is 2.56 bits per heavy atom. The van der Waals surface area contributed by atoms with Crippen LogP contribution in [0, 0.1) is 19.8 Å². The van der Waals surface area contributed by atoms with Gasteiger partial charge in [-0.05, 0) is 32.4 Å². The first-order valence-corrected chi connectivity index (χ1v) is 5.91. The minimum Gasteiger partial charge on any atom is -0.481 e. The number of carbonyl (C=O) groups is 2. The molecule has 18 heavy (non-hydrogen) atoms. The van der Waals surface area contributed by atoms with Crippen LogP contribution in [0.25, 0.3) is 0 Å².